The summed E-state index contributed by atoms with van der Waals surface area (Å²) in [5, 5.41) is 3.67. The first-order valence-corrected chi connectivity index (χ1v) is 6.98. The van der Waals surface area contributed by atoms with E-state index in [9.17, 15) is 0 Å². The standard InChI is InChI=1S/C14H22N4/c1-17-10-6-12(11-17)16-13-5-4-7-15-14(13)18-8-2-3-9-18/h4-5,7,12,16H,2-3,6,8-11H2,1H3. The van der Waals surface area contributed by atoms with E-state index >= 15 is 0 Å². The SMILES string of the molecule is CN1CCC(Nc2cccnc2N2CCCC2)C1. The number of aromatic nitrogens is 1. The van der Waals surface area contributed by atoms with Gasteiger partial charge in [0, 0.05) is 31.9 Å². The highest BCUT2D eigenvalue weighted by molar-refractivity contribution is 5.66. The summed E-state index contributed by atoms with van der Waals surface area (Å²) in [6, 6.07) is 4.76. The van der Waals surface area contributed by atoms with Crippen molar-refractivity contribution in [3.63, 3.8) is 0 Å². The molecular weight excluding hydrogens is 224 g/mol. The molecule has 0 bridgehead atoms. The molecule has 0 amide bonds. The van der Waals surface area contributed by atoms with E-state index in [2.05, 4.69) is 33.2 Å². The summed E-state index contributed by atoms with van der Waals surface area (Å²) in [6.07, 6.45) is 5.72. The van der Waals surface area contributed by atoms with Crippen LogP contribution in [0.5, 0.6) is 0 Å². The average molecular weight is 246 g/mol. The van der Waals surface area contributed by atoms with E-state index in [-0.39, 0.29) is 0 Å². The van der Waals surface area contributed by atoms with Crippen molar-refractivity contribution < 1.29 is 0 Å². The van der Waals surface area contributed by atoms with Crippen LogP contribution in [-0.2, 0) is 0 Å². The van der Waals surface area contributed by atoms with Crippen molar-refractivity contribution in [3.05, 3.63) is 18.3 Å². The number of likely N-dealkylation sites (N-methyl/N-ethyl adjacent to an activating group) is 1. The summed E-state index contributed by atoms with van der Waals surface area (Å²) in [5.74, 6) is 1.14. The van der Waals surface area contributed by atoms with Crippen LogP contribution in [0.2, 0.25) is 0 Å². The molecule has 98 valence electrons. The third-order valence-corrected chi connectivity index (χ3v) is 3.94. The molecule has 3 heterocycles. The second-order valence-corrected chi connectivity index (χ2v) is 5.46. The van der Waals surface area contributed by atoms with Crippen molar-refractivity contribution in [2.24, 2.45) is 0 Å². The fourth-order valence-electron chi connectivity index (χ4n) is 2.96. The van der Waals surface area contributed by atoms with Crippen molar-refractivity contribution in [3.8, 4) is 0 Å². The van der Waals surface area contributed by atoms with E-state index in [0.717, 1.165) is 25.5 Å². The van der Waals surface area contributed by atoms with Crippen molar-refractivity contribution in [1.82, 2.24) is 9.88 Å². The zero-order chi connectivity index (χ0) is 12.4. The summed E-state index contributed by atoms with van der Waals surface area (Å²) >= 11 is 0. The Hall–Kier alpha value is -1.29. The van der Waals surface area contributed by atoms with E-state index in [4.69, 9.17) is 0 Å². The van der Waals surface area contributed by atoms with Crippen LogP contribution in [0.4, 0.5) is 11.5 Å². The Bertz CT molecular complexity index is 401. The molecule has 1 N–H and O–H groups in total. The number of likely N-dealkylation sites (tertiary alicyclic amines) is 1. The van der Waals surface area contributed by atoms with Crippen molar-refractivity contribution in [2.75, 3.05) is 43.4 Å². The molecule has 1 aromatic rings. The second kappa shape index (κ2) is 5.14. The van der Waals surface area contributed by atoms with Gasteiger partial charge in [0.25, 0.3) is 0 Å². The molecule has 2 aliphatic rings. The second-order valence-electron chi connectivity index (χ2n) is 5.46. The van der Waals surface area contributed by atoms with Gasteiger partial charge in [-0.15, -0.1) is 0 Å². The number of anilines is 2. The van der Waals surface area contributed by atoms with Crippen LogP contribution in [0.1, 0.15) is 19.3 Å². The molecule has 2 fully saturated rings. The topological polar surface area (TPSA) is 31.4 Å². The highest BCUT2D eigenvalue weighted by Gasteiger charge is 2.22. The zero-order valence-corrected chi connectivity index (χ0v) is 11.1. The molecule has 0 saturated carbocycles. The summed E-state index contributed by atoms with van der Waals surface area (Å²) < 4.78 is 0. The highest BCUT2D eigenvalue weighted by Crippen LogP contribution is 2.27. The van der Waals surface area contributed by atoms with Crippen molar-refractivity contribution in [2.45, 2.75) is 25.3 Å². The number of nitrogens with one attached hydrogen (secondary N) is 1. The highest BCUT2D eigenvalue weighted by atomic mass is 15.2. The summed E-state index contributed by atoms with van der Waals surface area (Å²) in [5.41, 5.74) is 1.21. The molecule has 3 rings (SSSR count). The van der Waals surface area contributed by atoms with Crippen LogP contribution in [0.25, 0.3) is 0 Å². The van der Waals surface area contributed by atoms with Crippen LogP contribution in [0.3, 0.4) is 0 Å². The van der Waals surface area contributed by atoms with Gasteiger partial charge in [-0.25, -0.2) is 4.98 Å². The van der Waals surface area contributed by atoms with Gasteiger partial charge in [0.1, 0.15) is 0 Å². The number of pyridine rings is 1. The van der Waals surface area contributed by atoms with E-state index in [1.165, 1.54) is 31.5 Å². The molecule has 2 aliphatic heterocycles. The first-order valence-electron chi connectivity index (χ1n) is 6.98. The van der Waals surface area contributed by atoms with E-state index < -0.39 is 0 Å². The van der Waals surface area contributed by atoms with Gasteiger partial charge in [0.05, 0.1) is 5.69 Å². The lowest BCUT2D eigenvalue weighted by molar-refractivity contribution is 0.414. The van der Waals surface area contributed by atoms with Gasteiger partial charge in [-0.1, -0.05) is 0 Å². The molecule has 1 atom stereocenters. The monoisotopic (exact) mass is 246 g/mol. The molecule has 0 aromatic carbocycles. The van der Waals surface area contributed by atoms with Crippen LogP contribution in [0, 0.1) is 0 Å². The Balaban J connectivity index is 1.74. The van der Waals surface area contributed by atoms with Crippen molar-refractivity contribution in [1.29, 1.82) is 0 Å². The Kier molecular flexibility index (Phi) is 3.37. The lowest BCUT2D eigenvalue weighted by atomic mass is 10.2. The zero-order valence-electron chi connectivity index (χ0n) is 11.1. The molecule has 0 radical (unpaired) electrons. The average Bonchev–Trinajstić information content (AvgIpc) is 3.02. The van der Waals surface area contributed by atoms with Gasteiger partial charge in [-0.05, 0) is 45.0 Å². The molecule has 0 aliphatic carbocycles. The van der Waals surface area contributed by atoms with Crippen LogP contribution in [-0.4, -0.2) is 49.2 Å². The molecule has 1 unspecified atom stereocenters. The Morgan fingerprint density at radius 2 is 2.11 bits per heavy atom. The predicted octanol–water partition coefficient (Wildman–Crippen LogP) is 1.80. The Morgan fingerprint density at radius 1 is 1.28 bits per heavy atom. The molecule has 18 heavy (non-hydrogen) atoms. The van der Waals surface area contributed by atoms with Crippen molar-refractivity contribution >= 4 is 11.5 Å². The molecule has 2 saturated heterocycles. The van der Waals surface area contributed by atoms with E-state index in [1.807, 2.05) is 12.3 Å². The third kappa shape index (κ3) is 2.43. The smallest absolute Gasteiger partial charge is 0.151 e. The van der Waals surface area contributed by atoms with Gasteiger partial charge in [0.15, 0.2) is 5.82 Å². The Labute approximate surface area is 109 Å². The predicted molar refractivity (Wildman–Crippen MR) is 75.2 cm³/mol. The van der Waals surface area contributed by atoms with E-state index in [0.29, 0.717) is 6.04 Å². The van der Waals surface area contributed by atoms with Gasteiger partial charge < -0.3 is 15.1 Å². The maximum atomic E-state index is 4.57. The quantitative estimate of drug-likeness (QED) is 0.881. The third-order valence-electron chi connectivity index (χ3n) is 3.94. The van der Waals surface area contributed by atoms with Gasteiger partial charge in [0.2, 0.25) is 0 Å². The maximum Gasteiger partial charge on any atom is 0.151 e. The van der Waals surface area contributed by atoms with Crippen LogP contribution >= 0.6 is 0 Å². The number of rotatable bonds is 3. The first-order chi connectivity index (χ1) is 8.83. The number of hydrogen-bond donors (Lipinski definition) is 1. The normalized spacial score (nSPS) is 24.7. The van der Waals surface area contributed by atoms with Gasteiger partial charge in [-0.3, -0.25) is 0 Å². The van der Waals surface area contributed by atoms with Gasteiger partial charge in [-0.2, -0.15) is 0 Å². The van der Waals surface area contributed by atoms with Gasteiger partial charge >= 0.3 is 0 Å². The fraction of sp³-hybridized carbons (Fsp3) is 0.643. The number of nitrogens with zero attached hydrogens (tertiary/aromatic N) is 3. The number of hydrogen-bond acceptors (Lipinski definition) is 4. The maximum absolute atomic E-state index is 4.57. The summed E-state index contributed by atoms with van der Waals surface area (Å²) in [4.78, 5) is 9.35. The summed E-state index contributed by atoms with van der Waals surface area (Å²) in [6.45, 7) is 4.62. The minimum Gasteiger partial charge on any atom is -0.378 e. The minimum absolute atomic E-state index is 0.570. The summed E-state index contributed by atoms with van der Waals surface area (Å²) in [7, 11) is 2.19. The lowest BCUT2D eigenvalue weighted by Crippen LogP contribution is -2.26. The first kappa shape index (κ1) is 11.8. The molecule has 0 spiro atoms. The molecular formula is C14H22N4. The molecule has 4 nitrogen and oxygen atoms in total. The Morgan fingerprint density at radius 3 is 2.83 bits per heavy atom. The van der Waals surface area contributed by atoms with Crippen LogP contribution in [0.15, 0.2) is 18.3 Å². The molecule has 1 aromatic heterocycles. The largest absolute Gasteiger partial charge is 0.378 e. The minimum atomic E-state index is 0.570. The lowest BCUT2D eigenvalue weighted by Gasteiger charge is -2.22. The van der Waals surface area contributed by atoms with Crippen LogP contribution < -0.4 is 10.2 Å². The molecule has 4 heteroatoms. The van der Waals surface area contributed by atoms with E-state index in [1.54, 1.807) is 0 Å². The fourth-order valence-corrected chi connectivity index (χ4v) is 2.96.